The van der Waals surface area contributed by atoms with Crippen LogP contribution in [0.25, 0.3) is 11.5 Å². The number of aromatic nitrogens is 3. The molecule has 2 heterocycles. The molecule has 0 spiro atoms. The Morgan fingerprint density at radius 2 is 1.88 bits per heavy atom. The number of hydrogen-bond acceptors (Lipinski definition) is 8. The summed E-state index contributed by atoms with van der Waals surface area (Å²) in [6.07, 6.45) is 0.256. The van der Waals surface area contributed by atoms with Crippen LogP contribution in [-0.2, 0) is 16.4 Å². The van der Waals surface area contributed by atoms with Gasteiger partial charge in [-0.2, -0.15) is 0 Å². The predicted molar refractivity (Wildman–Crippen MR) is 91.2 cm³/mol. The number of rotatable bonds is 7. The van der Waals surface area contributed by atoms with Crippen LogP contribution in [0, 0.1) is 13.8 Å². The van der Waals surface area contributed by atoms with Gasteiger partial charge in [0.05, 0.1) is 7.11 Å². The van der Waals surface area contributed by atoms with Crippen molar-refractivity contribution in [2.75, 3.05) is 13.7 Å². The van der Waals surface area contributed by atoms with Gasteiger partial charge in [0.1, 0.15) is 16.3 Å². The van der Waals surface area contributed by atoms with Crippen molar-refractivity contribution in [3.8, 4) is 17.2 Å². The molecule has 26 heavy (non-hydrogen) atoms. The Morgan fingerprint density at radius 1 is 1.15 bits per heavy atom. The van der Waals surface area contributed by atoms with Gasteiger partial charge in [-0.3, -0.25) is 0 Å². The third-order valence-corrected chi connectivity index (χ3v) is 5.38. The molecule has 0 aliphatic heterocycles. The van der Waals surface area contributed by atoms with Crippen molar-refractivity contribution in [1.29, 1.82) is 0 Å². The van der Waals surface area contributed by atoms with Gasteiger partial charge in [0, 0.05) is 18.5 Å². The van der Waals surface area contributed by atoms with E-state index in [-0.39, 0.29) is 23.6 Å². The monoisotopic (exact) mass is 378 g/mol. The fourth-order valence-corrected chi connectivity index (χ4v) is 3.78. The van der Waals surface area contributed by atoms with Crippen LogP contribution in [0.4, 0.5) is 0 Å². The zero-order valence-corrected chi connectivity index (χ0v) is 15.3. The molecule has 2 aromatic heterocycles. The van der Waals surface area contributed by atoms with Crippen LogP contribution in [0.3, 0.4) is 0 Å². The van der Waals surface area contributed by atoms with E-state index in [2.05, 4.69) is 20.1 Å². The van der Waals surface area contributed by atoms with Crippen molar-refractivity contribution < 1.29 is 22.1 Å². The van der Waals surface area contributed by atoms with Crippen LogP contribution in [0.1, 0.15) is 17.3 Å². The molecule has 0 aliphatic rings. The molecule has 138 valence electrons. The number of benzene rings is 1. The van der Waals surface area contributed by atoms with Gasteiger partial charge in [-0.05, 0) is 38.1 Å². The number of hydrogen-bond donors (Lipinski definition) is 1. The first-order valence-electron chi connectivity index (χ1n) is 7.80. The molecule has 0 unspecified atom stereocenters. The summed E-state index contributed by atoms with van der Waals surface area (Å²) in [6.45, 7) is 3.23. The minimum absolute atomic E-state index is 0.0574. The lowest BCUT2D eigenvalue weighted by Crippen LogP contribution is -2.26. The summed E-state index contributed by atoms with van der Waals surface area (Å²) in [5, 5.41) is 11.6. The van der Waals surface area contributed by atoms with Crippen LogP contribution in [0.2, 0.25) is 0 Å². The zero-order valence-electron chi connectivity index (χ0n) is 14.5. The van der Waals surface area contributed by atoms with Crippen LogP contribution in [0.15, 0.2) is 38.1 Å². The highest BCUT2D eigenvalue weighted by Gasteiger charge is 2.23. The summed E-state index contributed by atoms with van der Waals surface area (Å²) >= 11 is 0. The Hall–Kier alpha value is -2.72. The van der Waals surface area contributed by atoms with Gasteiger partial charge < -0.3 is 13.7 Å². The molecule has 0 bridgehead atoms. The second kappa shape index (κ2) is 7.26. The number of ether oxygens (including phenoxy) is 1. The largest absolute Gasteiger partial charge is 0.497 e. The van der Waals surface area contributed by atoms with E-state index < -0.39 is 10.0 Å². The van der Waals surface area contributed by atoms with Crippen LogP contribution in [-0.4, -0.2) is 37.4 Å². The molecule has 0 amide bonds. The molecule has 0 atom stereocenters. The molecular weight excluding hydrogens is 360 g/mol. The number of sulfonamides is 1. The van der Waals surface area contributed by atoms with E-state index in [1.807, 2.05) is 0 Å². The summed E-state index contributed by atoms with van der Waals surface area (Å²) < 4.78 is 42.7. The molecule has 9 nitrogen and oxygen atoms in total. The van der Waals surface area contributed by atoms with Crippen molar-refractivity contribution in [3.63, 3.8) is 0 Å². The first kappa shape index (κ1) is 18.1. The van der Waals surface area contributed by atoms with Crippen LogP contribution in [0.5, 0.6) is 5.75 Å². The van der Waals surface area contributed by atoms with E-state index in [9.17, 15) is 8.42 Å². The maximum Gasteiger partial charge on any atom is 0.247 e. The Morgan fingerprint density at radius 3 is 2.50 bits per heavy atom. The van der Waals surface area contributed by atoms with E-state index in [0.717, 1.165) is 11.3 Å². The topological polar surface area (TPSA) is 120 Å². The second-order valence-corrected chi connectivity index (χ2v) is 7.23. The molecule has 0 saturated carbocycles. The summed E-state index contributed by atoms with van der Waals surface area (Å²) in [7, 11) is -2.12. The normalized spacial score (nSPS) is 11.7. The first-order chi connectivity index (χ1) is 12.4. The molecule has 10 heteroatoms. The third kappa shape index (κ3) is 3.75. The molecule has 3 rings (SSSR count). The highest BCUT2D eigenvalue weighted by molar-refractivity contribution is 7.89. The van der Waals surface area contributed by atoms with Gasteiger partial charge in [0.2, 0.25) is 21.8 Å². The lowest BCUT2D eigenvalue weighted by Gasteiger charge is -2.04. The van der Waals surface area contributed by atoms with Crippen molar-refractivity contribution >= 4 is 10.0 Å². The molecule has 0 radical (unpaired) electrons. The maximum atomic E-state index is 12.3. The van der Waals surface area contributed by atoms with E-state index in [4.69, 9.17) is 13.7 Å². The van der Waals surface area contributed by atoms with Gasteiger partial charge in [0.15, 0.2) is 5.76 Å². The molecule has 0 fully saturated rings. The second-order valence-electron chi connectivity index (χ2n) is 5.53. The summed E-state index contributed by atoms with van der Waals surface area (Å²) in [5.74, 6) is 1.66. The summed E-state index contributed by atoms with van der Waals surface area (Å²) in [4.78, 5) is 0.0574. The third-order valence-electron chi connectivity index (χ3n) is 3.67. The lowest BCUT2D eigenvalue weighted by molar-refractivity contribution is 0.390. The fourth-order valence-electron chi connectivity index (χ4n) is 2.43. The maximum absolute atomic E-state index is 12.3. The quantitative estimate of drug-likeness (QED) is 0.661. The lowest BCUT2D eigenvalue weighted by atomic mass is 10.2. The number of nitrogens with one attached hydrogen (secondary N) is 1. The number of aryl methyl sites for hydroxylation is 2. The Bertz CT molecular complexity index is 973. The molecule has 1 N–H and O–H groups in total. The van der Waals surface area contributed by atoms with Gasteiger partial charge in [0.25, 0.3) is 0 Å². The average molecular weight is 378 g/mol. The number of nitrogens with zero attached hydrogens (tertiary/aromatic N) is 3. The minimum atomic E-state index is -3.71. The molecule has 0 saturated heterocycles. The average Bonchev–Trinajstić information content (AvgIpc) is 3.22. The van der Waals surface area contributed by atoms with Crippen molar-refractivity contribution in [2.24, 2.45) is 0 Å². The van der Waals surface area contributed by atoms with E-state index in [1.165, 1.54) is 0 Å². The van der Waals surface area contributed by atoms with Crippen molar-refractivity contribution in [3.05, 3.63) is 41.6 Å². The standard InChI is InChI=1S/C16H18N4O5S/c1-10-15(11(2)25-20-10)26(21,22)17-9-8-14-18-19-16(24-14)12-4-6-13(23-3)7-5-12/h4-7,17H,8-9H2,1-3H3. The molecule has 1 aromatic carbocycles. The Kier molecular flexibility index (Phi) is 5.05. The Balaban J connectivity index is 1.63. The molecule has 0 aliphatic carbocycles. The van der Waals surface area contributed by atoms with E-state index in [1.54, 1.807) is 45.2 Å². The predicted octanol–water partition coefficient (Wildman–Crippen LogP) is 1.87. The van der Waals surface area contributed by atoms with Gasteiger partial charge in [-0.15, -0.1) is 10.2 Å². The van der Waals surface area contributed by atoms with Crippen LogP contribution < -0.4 is 9.46 Å². The SMILES string of the molecule is COc1ccc(-c2nnc(CCNS(=O)(=O)c3c(C)noc3C)o2)cc1. The molecular formula is C16H18N4O5S. The highest BCUT2D eigenvalue weighted by atomic mass is 32.2. The Labute approximate surface area is 150 Å². The van der Waals surface area contributed by atoms with E-state index >= 15 is 0 Å². The van der Waals surface area contributed by atoms with Crippen LogP contribution >= 0.6 is 0 Å². The first-order valence-corrected chi connectivity index (χ1v) is 9.28. The number of methoxy groups -OCH3 is 1. The highest BCUT2D eigenvalue weighted by Crippen LogP contribution is 2.21. The zero-order chi connectivity index (χ0) is 18.7. The van der Waals surface area contributed by atoms with Gasteiger partial charge in [-0.1, -0.05) is 5.16 Å². The van der Waals surface area contributed by atoms with Gasteiger partial charge in [-0.25, -0.2) is 13.1 Å². The van der Waals surface area contributed by atoms with Crippen molar-refractivity contribution in [2.45, 2.75) is 25.2 Å². The summed E-state index contributed by atoms with van der Waals surface area (Å²) in [6, 6.07) is 7.18. The van der Waals surface area contributed by atoms with Gasteiger partial charge >= 0.3 is 0 Å². The fraction of sp³-hybridized carbons (Fsp3) is 0.312. The van der Waals surface area contributed by atoms with E-state index in [0.29, 0.717) is 17.5 Å². The van der Waals surface area contributed by atoms with Crippen molar-refractivity contribution in [1.82, 2.24) is 20.1 Å². The minimum Gasteiger partial charge on any atom is -0.497 e. The summed E-state index contributed by atoms with van der Waals surface area (Å²) in [5.41, 5.74) is 1.07. The molecule has 3 aromatic rings. The smallest absolute Gasteiger partial charge is 0.247 e.